The van der Waals surface area contributed by atoms with E-state index in [9.17, 15) is 4.79 Å². The van der Waals surface area contributed by atoms with Gasteiger partial charge in [-0.3, -0.25) is 4.79 Å². The molecule has 3 nitrogen and oxygen atoms in total. The van der Waals surface area contributed by atoms with Crippen LogP contribution in [0.4, 0.5) is 0 Å². The third kappa shape index (κ3) is 5.71. The van der Waals surface area contributed by atoms with Gasteiger partial charge in [0.1, 0.15) is 0 Å². The van der Waals surface area contributed by atoms with Gasteiger partial charge in [-0.05, 0) is 108 Å². The van der Waals surface area contributed by atoms with Gasteiger partial charge in [-0.2, -0.15) is 0 Å². The molecule has 3 heteroatoms. The fourth-order valence-electron chi connectivity index (χ4n) is 5.73. The second-order valence-corrected chi connectivity index (χ2v) is 10.1. The molecule has 3 aliphatic rings. The third-order valence-corrected chi connectivity index (χ3v) is 7.43. The van der Waals surface area contributed by atoms with Crippen LogP contribution in [-0.2, 0) is 4.79 Å². The second-order valence-electron chi connectivity index (χ2n) is 10.1. The Kier molecular flexibility index (Phi) is 7.43. The first kappa shape index (κ1) is 20.2. The molecule has 2 saturated heterocycles. The van der Waals surface area contributed by atoms with Crippen LogP contribution in [0.15, 0.2) is 0 Å². The molecule has 26 heavy (non-hydrogen) atoms. The number of likely N-dealkylation sites (tertiary alicyclic amines) is 2. The predicted octanol–water partition coefficient (Wildman–Crippen LogP) is 4.81. The zero-order valence-corrected chi connectivity index (χ0v) is 17.6. The summed E-state index contributed by atoms with van der Waals surface area (Å²) >= 11 is 0. The van der Waals surface area contributed by atoms with Crippen LogP contribution in [0.5, 0.6) is 0 Å². The number of amides is 1. The zero-order chi connectivity index (χ0) is 18.5. The van der Waals surface area contributed by atoms with Crippen LogP contribution in [0.1, 0.15) is 78.1 Å². The third-order valence-electron chi connectivity index (χ3n) is 7.43. The van der Waals surface area contributed by atoms with Crippen LogP contribution >= 0.6 is 0 Å². The van der Waals surface area contributed by atoms with Crippen molar-refractivity contribution in [3.05, 3.63) is 0 Å². The van der Waals surface area contributed by atoms with Gasteiger partial charge in [-0.25, -0.2) is 0 Å². The lowest BCUT2D eigenvalue weighted by atomic mass is 9.76. The van der Waals surface area contributed by atoms with E-state index in [1.165, 1.54) is 64.5 Å². The minimum Gasteiger partial charge on any atom is -0.342 e. The van der Waals surface area contributed by atoms with Crippen molar-refractivity contribution in [1.29, 1.82) is 0 Å². The van der Waals surface area contributed by atoms with Crippen LogP contribution in [0, 0.1) is 29.6 Å². The summed E-state index contributed by atoms with van der Waals surface area (Å²) in [7, 11) is 2.25. The molecule has 3 rings (SSSR count). The highest BCUT2D eigenvalue weighted by Gasteiger charge is 2.32. The minimum absolute atomic E-state index is 0.338. The van der Waals surface area contributed by atoms with Gasteiger partial charge in [0.15, 0.2) is 0 Å². The molecule has 0 atom stereocenters. The number of hydrogen-bond donors (Lipinski definition) is 0. The quantitative estimate of drug-likeness (QED) is 0.701. The Hall–Kier alpha value is -0.570. The Balaban J connectivity index is 1.36. The molecular weight excluding hydrogens is 320 g/mol. The summed E-state index contributed by atoms with van der Waals surface area (Å²) in [5.74, 6) is 4.32. The molecule has 0 radical (unpaired) electrons. The van der Waals surface area contributed by atoms with Crippen LogP contribution in [0.3, 0.4) is 0 Å². The minimum atomic E-state index is 0.338. The van der Waals surface area contributed by atoms with Gasteiger partial charge in [-0.1, -0.05) is 13.8 Å². The molecule has 0 spiro atoms. The highest BCUT2D eigenvalue weighted by molar-refractivity contribution is 5.79. The topological polar surface area (TPSA) is 23.6 Å². The average molecular weight is 363 g/mol. The number of carbonyl (C=O) groups is 1. The molecule has 0 aromatic rings. The fraction of sp³-hybridized carbons (Fsp3) is 0.957. The molecule has 0 N–H and O–H groups in total. The molecule has 2 heterocycles. The molecule has 0 unspecified atom stereocenters. The van der Waals surface area contributed by atoms with Gasteiger partial charge >= 0.3 is 0 Å². The van der Waals surface area contributed by atoms with E-state index in [4.69, 9.17) is 0 Å². The molecule has 150 valence electrons. The molecule has 0 aromatic carbocycles. The van der Waals surface area contributed by atoms with Gasteiger partial charge in [0.2, 0.25) is 5.91 Å². The van der Waals surface area contributed by atoms with Crippen molar-refractivity contribution in [2.75, 3.05) is 33.2 Å². The van der Waals surface area contributed by atoms with Crippen molar-refractivity contribution >= 4 is 5.91 Å². The molecule has 1 aliphatic carbocycles. The van der Waals surface area contributed by atoms with Crippen molar-refractivity contribution in [3.8, 4) is 0 Å². The maximum Gasteiger partial charge on any atom is 0.225 e. The number of rotatable bonds is 5. The van der Waals surface area contributed by atoms with Crippen molar-refractivity contribution in [1.82, 2.24) is 9.80 Å². The highest BCUT2D eigenvalue weighted by atomic mass is 16.2. The summed E-state index contributed by atoms with van der Waals surface area (Å²) in [5, 5.41) is 0. The Morgan fingerprint density at radius 3 is 1.92 bits per heavy atom. The van der Waals surface area contributed by atoms with Crippen molar-refractivity contribution in [2.45, 2.75) is 78.1 Å². The molecule has 3 fully saturated rings. The van der Waals surface area contributed by atoms with E-state index in [0.29, 0.717) is 11.8 Å². The standard InChI is InChI=1S/C23H42N2O/c1-18(2)16-20-10-14-25(15-11-20)23(26)22-6-4-19(5-7-22)17-21-8-12-24(3)13-9-21/h18-22H,4-17H2,1-3H3. The molecule has 1 saturated carbocycles. The lowest BCUT2D eigenvalue weighted by molar-refractivity contribution is -0.138. The molecule has 0 bridgehead atoms. The van der Waals surface area contributed by atoms with Gasteiger partial charge in [0, 0.05) is 19.0 Å². The van der Waals surface area contributed by atoms with Gasteiger partial charge in [-0.15, -0.1) is 0 Å². The van der Waals surface area contributed by atoms with Crippen molar-refractivity contribution in [3.63, 3.8) is 0 Å². The average Bonchev–Trinajstić information content (AvgIpc) is 2.64. The van der Waals surface area contributed by atoms with Crippen LogP contribution in [0.2, 0.25) is 0 Å². The van der Waals surface area contributed by atoms with Crippen LogP contribution in [-0.4, -0.2) is 48.9 Å². The Morgan fingerprint density at radius 1 is 0.808 bits per heavy atom. The molecule has 2 aliphatic heterocycles. The van der Waals surface area contributed by atoms with Crippen LogP contribution < -0.4 is 0 Å². The number of piperidine rings is 2. The normalized spacial score (nSPS) is 30.1. The Morgan fingerprint density at radius 2 is 1.35 bits per heavy atom. The molecule has 1 amide bonds. The van der Waals surface area contributed by atoms with Crippen molar-refractivity contribution in [2.24, 2.45) is 29.6 Å². The summed E-state index contributed by atoms with van der Waals surface area (Å²) < 4.78 is 0. The smallest absolute Gasteiger partial charge is 0.225 e. The largest absolute Gasteiger partial charge is 0.342 e. The first-order chi connectivity index (χ1) is 12.5. The Bertz CT molecular complexity index is 425. The molecular formula is C23H42N2O. The fourth-order valence-corrected chi connectivity index (χ4v) is 5.73. The second kappa shape index (κ2) is 9.57. The van der Waals surface area contributed by atoms with Gasteiger partial charge in [0.05, 0.1) is 0 Å². The monoisotopic (exact) mass is 362 g/mol. The lowest BCUT2D eigenvalue weighted by Crippen LogP contribution is -2.43. The van der Waals surface area contributed by atoms with E-state index in [2.05, 4.69) is 30.7 Å². The van der Waals surface area contributed by atoms with E-state index in [0.717, 1.165) is 49.6 Å². The summed E-state index contributed by atoms with van der Waals surface area (Å²) in [6, 6.07) is 0. The summed E-state index contributed by atoms with van der Waals surface area (Å²) in [5.41, 5.74) is 0. The summed E-state index contributed by atoms with van der Waals surface area (Å²) in [6.45, 7) is 9.25. The maximum absolute atomic E-state index is 12.9. The SMILES string of the molecule is CC(C)CC1CCN(C(=O)C2CCC(CC3CCN(C)CC3)CC2)CC1. The maximum atomic E-state index is 12.9. The Labute approximate surface area is 161 Å². The van der Waals surface area contributed by atoms with Gasteiger partial charge in [0.25, 0.3) is 0 Å². The van der Waals surface area contributed by atoms with Crippen LogP contribution in [0.25, 0.3) is 0 Å². The summed E-state index contributed by atoms with van der Waals surface area (Å²) in [4.78, 5) is 17.6. The van der Waals surface area contributed by atoms with E-state index in [1.54, 1.807) is 0 Å². The lowest BCUT2D eigenvalue weighted by Gasteiger charge is -2.38. The number of hydrogen-bond acceptors (Lipinski definition) is 2. The van der Waals surface area contributed by atoms with E-state index >= 15 is 0 Å². The predicted molar refractivity (Wildman–Crippen MR) is 109 cm³/mol. The zero-order valence-electron chi connectivity index (χ0n) is 17.6. The first-order valence-corrected chi connectivity index (χ1v) is 11.5. The number of carbonyl (C=O) groups excluding carboxylic acids is 1. The molecule has 0 aromatic heterocycles. The number of nitrogens with zero attached hydrogens (tertiary/aromatic N) is 2. The highest BCUT2D eigenvalue weighted by Crippen LogP contribution is 2.36. The van der Waals surface area contributed by atoms with E-state index in [-0.39, 0.29) is 0 Å². The van der Waals surface area contributed by atoms with E-state index in [1.807, 2.05) is 0 Å². The van der Waals surface area contributed by atoms with Gasteiger partial charge < -0.3 is 9.80 Å². The first-order valence-electron chi connectivity index (χ1n) is 11.5. The van der Waals surface area contributed by atoms with Crippen molar-refractivity contribution < 1.29 is 4.79 Å². The van der Waals surface area contributed by atoms with E-state index < -0.39 is 0 Å². The summed E-state index contributed by atoms with van der Waals surface area (Å²) in [6.07, 6.45) is 12.9.